The van der Waals surface area contributed by atoms with E-state index in [1.54, 1.807) is 0 Å². The topological polar surface area (TPSA) is 179 Å². The molecule has 16 aromatic carbocycles. The standard InChI is InChI=1S/C124H100O16P4/c1-5-77-129-121(125)133-113-85-114(134-122(126)130-78-6-2)106-81-105(113)101(73-69-89-45-21-9-22-46-89)109-83-110(118(138-142(95-57-33-15-34-58-95)96-59-35-16-36-60-96)87-117(109)137-141(93-53-29-13-30-54-93)94-55-31-14-32-56-94)103(75-71-91-49-25-11-26-50-91)107-82-108(116(136-124(128)132-80-8-4)86-115(107)135-123(127)131-79-7-3)104(76-72-92-51-27-12-28-52-92)112-84-111(102(106)74-70-90-47-23-10-24-48-90)119(139-143(97-61-37-17-38-62-97)98-63-39-18-40-64-98)88-120(112)140-144(99-65-41-19-42-66-99)100-67-43-20-44-68-100/h1-4,9-68,81-88,101-104H,69-80H2. The smallest absolute Gasteiger partial charge is 0.464 e. The lowest BCUT2D eigenvalue weighted by atomic mass is 9.76. The van der Waals surface area contributed by atoms with Crippen molar-refractivity contribution in [2.24, 2.45) is 0 Å². The first kappa shape index (κ1) is 99.3. The van der Waals surface area contributed by atoms with Crippen molar-refractivity contribution in [1.82, 2.24) is 0 Å². The van der Waals surface area contributed by atoms with Crippen molar-refractivity contribution in [2.75, 3.05) is 26.4 Å². The van der Waals surface area contributed by atoms with Crippen LogP contribution in [0.1, 0.15) is 116 Å². The molecule has 0 N–H and O–H groups in total. The molecule has 0 saturated carbocycles. The third kappa shape index (κ3) is 25.7. The minimum atomic E-state index is -1.91. The molecule has 0 amide bonds. The Morgan fingerprint density at radius 2 is 0.347 bits per heavy atom. The van der Waals surface area contributed by atoms with Crippen LogP contribution in [-0.4, -0.2) is 51.0 Å². The largest absolute Gasteiger partial charge is 0.514 e. The highest BCUT2D eigenvalue weighted by Crippen LogP contribution is 2.58. The molecule has 712 valence electrons. The second-order valence-corrected chi connectivity index (χ2v) is 40.8. The Morgan fingerprint density at radius 3 is 0.507 bits per heavy atom. The van der Waals surface area contributed by atoms with Gasteiger partial charge in [-0.2, -0.15) is 0 Å². The van der Waals surface area contributed by atoms with Crippen LogP contribution in [0, 0.1) is 49.4 Å². The number of benzene rings is 16. The lowest BCUT2D eigenvalue weighted by molar-refractivity contribution is 0.107. The van der Waals surface area contributed by atoms with Gasteiger partial charge < -0.3 is 56.0 Å². The molecular weight excluding hydrogens is 1870 g/mol. The van der Waals surface area contributed by atoms with Crippen molar-refractivity contribution in [2.45, 2.75) is 75.0 Å². The number of carbonyl (C=O) groups is 4. The molecule has 17 rings (SSSR count). The Hall–Kier alpha value is -16.2. The molecule has 16 aromatic rings. The first-order valence-electron chi connectivity index (χ1n) is 47.2. The van der Waals surface area contributed by atoms with Gasteiger partial charge in [0.25, 0.3) is 0 Å². The molecule has 0 radical (unpaired) electrons. The van der Waals surface area contributed by atoms with Gasteiger partial charge in [0, 0.05) is 135 Å². The maximum atomic E-state index is 15.4. The highest BCUT2D eigenvalue weighted by Gasteiger charge is 2.40. The summed E-state index contributed by atoms with van der Waals surface area (Å²) in [7, 11) is -7.63. The van der Waals surface area contributed by atoms with Crippen LogP contribution in [0.3, 0.4) is 0 Å². The Morgan fingerprint density at radius 1 is 0.201 bits per heavy atom. The van der Waals surface area contributed by atoms with E-state index >= 15 is 19.2 Å². The predicted octanol–water partition coefficient (Wildman–Crippen LogP) is 25.4. The fraction of sp³-hybridized carbons (Fsp3) is 0.129. The van der Waals surface area contributed by atoms with Crippen LogP contribution in [0.2, 0.25) is 0 Å². The molecular formula is C124H100O16P4. The zero-order valence-electron chi connectivity index (χ0n) is 78.7. The van der Waals surface area contributed by atoms with Crippen molar-refractivity contribution < 1.29 is 75.2 Å². The van der Waals surface area contributed by atoms with Gasteiger partial charge in [0.15, 0.2) is 59.0 Å². The van der Waals surface area contributed by atoms with E-state index in [2.05, 4.69) is 84.3 Å². The van der Waals surface area contributed by atoms with Gasteiger partial charge >= 0.3 is 24.6 Å². The summed E-state index contributed by atoms with van der Waals surface area (Å²) in [6.07, 6.45) is 21.3. The highest BCUT2D eigenvalue weighted by molar-refractivity contribution is 7.70. The van der Waals surface area contributed by atoms with Gasteiger partial charge in [0.05, 0.1) is 0 Å². The fourth-order valence-corrected chi connectivity index (χ4v) is 24.8. The zero-order chi connectivity index (χ0) is 99.0. The SMILES string of the molecule is C#CCOC(=O)Oc1cc(OC(=O)OCC#C)c2cc1C(CCc1ccccc1)c1cc(c(OP(c3ccccc3)c3ccccc3)cc1OP(c1ccccc1)c1ccccc1)C(CCc1ccccc1)c1cc(c(OC(=O)OCC#C)cc1OC(=O)OCC#C)C(CCc1ccccc1)c1cc(c(OP(c3ccccc3)c3ccccc3)cc1OP(c1ccccc1)c1ccccc1)C2CCc1ccccc1. The van der Waals surface area contributed by atoms with E-state index in [9.17, 15) is 0 Å². The summed E-state index contributed by atoms with van der Waals surface area (Å²) in [4.78, 5) is 61.5. The summed E-state index contributed by atoms with van der Waals surface area (Å²) in [5, 5.41) is 6.76. The summed E-state index contributed by atoms with van der Waals surface area (Å²) in [5.74, 6) is 6.46. The van der Waals surface area contributed by atoms with Crippen LogP contribution in [0.5, 0.6) is 46.0 Å². The first-order valence-corrected chi connectivity index (χ1v) is 52.3. The Kier molecular flexibility index (Phi) is 34.7. The summed E-state index contributed by atoms with van der Waals surface area (Å²) in [6, 6.07) is 136. The molecule has 1 aliphatic carbocycles. The van der Waals surface area contributed by atoms with Crippen molar-refractivity contribution >= 4 is 99.7 Å². The van der Waals surface area contributed by atoms with E-state index in [0.717, 1.165) is 64.7 Å². The van der Waals surface area contributed by atoms with Crippen molar-refractivity contribution in [1.29, 1.82) is 0 Å². The molecule has 0 spiro atoms. The number of hydrogen-bond acceptors (Lipinski definition) is 16. The lowest BCUT2D eigenvalue weighted by Crippen LogP contribution is -2.21. The molecule has 4 atom stereocenters. The van der Waals surface area contributed by atoms with Gasteiger partial charge in [-0.05, 0) is 97.9 Å². The number of terminal acetylenes is 4. The lowest BCUT2D eigenvalue weighted by Gasteiger charge is -2.33. The molecule has 0 aliphatic heterocycles. The highest BCUT2D eigenvalue weighted by atomic mass is 31.1. The summed E-state index contributed by atoms with van der Waals surface area (Å²) < 4.78 is 83.7. The van der Waals surface area contributed by atoms with Gasteiger partial charge in [-0.3, -0.25) is 0 Å². The molecule has 4 unspecified atom stereocenters. The summed E-state index contributed by atoms with van der Waals surface area (Å²) in [5.41, 5.74) is 7.26. The van der Waals surface area contributed by atoms with Gasteiger partial charge in [-0.25, -0.2) is 19.2 Å². The predicted molar refractivity (Wildman–Crippen MR) is 574 cm³/mol. The normalized spacial score (nSPS) is 13.4. The van der Waals surface area contributed by atoms with E-state index < -0.39 is 107 Å². The van der Waals surface area contributed by atoms with E-state index in [-0.39, 0.29) is 48.7 Å². The van der Waals surface area contributed by atoms with Crippen LogP contribution in [0.15, 0.2) is 413 Å². The summed E-state index contributed by atoms with van der Waals surface area (Å²) >= 11 is 0. The monoisotopic (exact) mass is 1970 g/mol. The summed E-state index contributed by atoms with van der Waals surface area (Å²) in [6.45, 7) is -2.00. The minimum Gasteiger partial charge on any atom is -0.464 e. The van der Waals surface area contributed by atoms with Crippen molar-refractivity contribution in [3.8, 4) is 95.4 Å². The van der Waals surface area contributed by atoms with E-state index in [0.29, 0.717) is 93.2 Å². The Labute approximate surface area is 845 Å². The molecule has 144 heavy (non-hydrogen) atoms. The van der Waals surface area contributed by atoms with Crippen molar-refractivity contribution in [3.05, 3.63) is 479 Å². The average Bonchev–Trinajstić information content (AvgIpc) is 0.736. The fourth-order valence-electron chi connectivity index (χ4n) is 17.8. The number of hydrogen-bond donors (Lipinski definition) is 0. The molecule has 0 fully saturated rings. The number of carbonyl (C=O) groups excluding carboxylic acids is 4. The second kappa shape index (κ2) is 50.2. The molecule has 0 aromatic heterocycles. The van der Waals surface area contributed by atoms with Crippen LogP contribution < -0.4 is 79.5 Å². The third-order valence-electron chi connectivity index (χ3n) is 24.4. The van der Waals surface area contributed by atoms with Crippen molar-refractivity contribution in [3.63, 3.8) is 0 Å². The average molecular weight is 1970 g/mol. The van der Waals surface area contributed by atoms with Crippen LogP contribution in [0.4, 0.5) is 19.2 Å². The quantitative estimate of drug-likeness (QED) is 0.0119. The van der Waals surface area contributed by atoms with E-state index in [1.165, 1.54) is 12.1 Å². The van der Waals surface area contributed by atoms with Gasteiger partial charge in [0.1, 0.15) is 46.0 Å². The molecule has 0 heterocycles. The Bertz CT molecular complexity index is 6180. The molecule has 1 aliphatic rings. The van der Waals surface area contributed by atoms with Gasteiger partial charge in [-0.15, -0.1) is 25.7 Å². The van der Waals surface area contributed by atoms with Gasteiger partial charge in [0.2, 0.25) is 0 Å². The molecule has 0 saturated heterocycles. The second-order valence-electron chi connectivity index (χ2n) is 33.6. The zero-order valence-corrected chi connectivity index (χ0v) is 82.3. The molecule has 16 nitrogen and oxygen atoms in total. The minimum absolute atomic E-state index is 0.129. The Balaban J connectivity index is 1.12. The molecule has 8 bridgehead atoms. The maximum absolute atomic E-state index is 15.4. The first-order chi connectivity index (χ1) is 70.9. The number of aryl methyl sites for hydroxylation is 4. The number of fused-ring (bicyclic) bond motifs is 8. The number of rotatable bonds is 36. The third-order valence-corrected chi connectivity index (χ3v) is 32.0. The number of ether oxygens (including phenoxy) is 8. The maximum Gasteiger partial charge on any atom is 0.514 e. The van der Waals surface area contributed by atoms with Crippen LogP contribution in [-0.2, 0) is 44.6 Å². The molecule has 20 heteroatoms. The van der Waals surface area contributed by atoms with Crippen LogP contribution >= 0.6 is 32.6 Å². The van der Waals surface area contributed by atoms with E-state index in [4.69, 9.17) is 81.7 Å². The van der Waals surface area contributed by atoms with Gasteiger partial charge in [-0.1, -0.05) is 388 Å². The van der Waals surface area contributed by atoms with Crippen LogP contribution in [0.25, 0.3) is 0 Å². The van der Waals surface area contributed by atoms with E-state index in [1.807, 2.05) is 340 Å².